The summed E-state index contributed by atoms with van der Waals surface area (Å²) in [6, 6.07) is 5.43. The molecule has 2 aromatic heterocycles. The van der Waals surface area contributed by atoms with Gasteiger partial charge in [-0.1, -0.05) is 53.5 Å². The lowest BCUT2D eigenvalue weighted by Crippen LogP contribution is -2.63. The Balaban J connectivity index is 1.47. The minimum absolute atomic E-state index is 0.0650. The molecule has 3 aliphatic heterocycles. The average molecular weight is 834 g/mol. The van der Waals surface area contributed by atoms with Crippen LogP contribution < -0.4 is 14.4 Å². The smallest absolute Gasteiger partial charge is 0.410 e. The van der Waals surface area contributed by atoms with Crippen LogP contribution in [0.2, 0.25) is 16.6 Å². The van der Waals surface area contributed by atoms with Crippen molar-refractivity contribution in [1.82, 2.24) is 19.9 Å². The minimum Gasteiger partial charge on any atom is -0.609 e. The molecule has 0 saturated carbocycles. The number of pyridine rings is 1. The molecule has 310 valence electrons. The van der Waals surface area contributed by atoms with E-state index in [0.717, 1.165) is 6.42 Å². The Hall–Kier alpha value is -4.23. The fourth-order valence-corrected chi connectivity index (χ4v) is 15.1. The van der Waals surface area contributed by atoms with Gasteiger partial charge >= 0.3 is 11.2 Å². The second-order valence-corrected chi connectivity index (χ2v) is 24.3. The van der Waals surface area contributed by atoms with Gasteiger partial charge < -0.3 is 28.4 Å². The number of hydrogen-bond donors (Lipinski definition) is 0. The topological polar surface area (TPSA) is 122 Å². The van der Waals surface area contributed by atoms with E-state index in [0.29, 0.717) is 51.9 Å². The first-order valence-corrected chi connectivity index (χ1v) is 23.7. The first-order valence-electron chi connectivity index (χ1n) is 19.9. The number of carbonyl (C=O) groups is 1. The SMILES string of the molecule is COCOc1cc(-c2nc3c4c(nc([S+](C)[O-])nc4c2F)N2CC4CCC(C2CO3)N4C(=O)OC(C)(C)C)c2c(C#C[Si](C(C)C)(C(C)C)C(C)C)c(F)ccc2c1. The van der Waals surface area contributed by atoms with E-state index in [9.17, 15) is 9.35 Å². The van der Waals surface area contributed by atoms with Gasteiger partial charge in [-0.3, -0.25) is 4.90 Å². The van der Waals surface area contributed by atoms with E-state index in [2.05, 4.69) is 58.0 Å². The minimum atomic E-state index is -2.34. The molecular weight excluding hydrogens is 781 g/mol. The lowest BCUT2D eigenvalue weighted by atomic mass is 9.95. The molecule has 0 spiro atoms. The van der Waals surface area contributed by atoms with Gasteiger partial charge in [0.1, 0.15) is 54.7 Å². The van der Waals surface area contributed by atoms with Gasteiger partial charge in [-0.05, 0) is 73.8 Å². The average Bonchev–Trinajstić information content (AvgIpc) is 3.38. The number of nitrogens with zero attached hydrogens (tertiary/aromatic N) is 5. The first kappa shape index (κ1) is 41.9. The molecular formula is C43H53F2N5O6SSi. The van der Waals surface area contributed by atoms with Gasteiger partial charge in [-0.2, -0.15) is 9.97 Å². The molecule has 7 rings (SSSR count). The van der Waals surface area contributed by atoms with Crippen LogP contribution in [0.5, 0.6) is 11.6 Å². The second-order valence-electron chi connectivity index (χ2n) is 17.5. The molecule has 1 amide bonds. The quantitative estimate of drug-likeness (QED) is 0.0560. The van der Waals surface area contributed by atoms with Gasteiger partial charge in [0.2, 0.25) is 5.88 Å². The van der Waals surface area contributed by atoms with Crippen molar-refractivity contribution in [2.45, 2.75) is 121 Å². The molecule has 11 nitrogen and oxygen atoms in total. The van der Waals surface area contributed by atoms with Crippen LogP contribution in [0, 0.1) is 23.1 Å². The predicted octanol–water partition coefficient (Wildman–Crippen LogP) is 8.76. The molecule has 0 radical (unpaired) electrons. The molecule has 4 aromatic rings. The maximum absolute atomic E-state index is 17.6. The maximum atomic E-state index is 17.6. The number of carbonyl (C=O) groups excluding carboxylic acids is 1. The van der Waals surface area contributed by atoms with Crippen LogP contribution >= 0.6 is 0 Å². The number of rotatable bonds is 8. The molecule has 15 heteroatoms. The summed E-state index contributed by atoms with van der Waals surface area (Å²) < 4.78 is 70.5. The predicted molar refractivity (Wildman–Crippen MR) is 224 cm³/mol. The van der Waals surface area contributed by atoms with Crippen LogP contribution in [0.15, 0.2) is 29.4 Å². The Morgan fingerprint density at radius 2 is 1.74 bits per heavy atom. The van der Waals surface area contributed by atoms with Gasteiger partial charge in [0, 0.05) is 35.8 Å². The van der Waals surface area contributed by atoms with E-state index < -0.39 is 48.6 Å². The van der Waals surface area contributed by atoms with Crippen molar-refractivity contribution in [1.29, 1.82) is 0 Å². The maximum Gasteiger partial charge on any atom is 0.410 e. The summed E-state index contributed by atoms with van der Waals surface area (Å²) in [5, 5.41) is 1.08. The Labute approximate surface area is 343 Å². The van der Waals surface area contributed by atoms with Crippen molar-refractivity contribution in [2.75, 3.05) is 38.2 Å². The van der Waals surface area contributed by atoms with E-state index in [1.807, 2.05) is 25.7 Å². The zero-order valence-corrected chi connectivity index (χ0v) is 37.0. The zero-order chi connectivity index (χ0) is 42.0. The van der Waals surface area contributed by atoms with E-state index in [4.69, 9.17) is 28.9 Å². The van der Waals surface area contributed by atoms with Crippen molar-refractivity contribution < 1.29 is 37.1 Å². The van der Waals surface area contributed by atoms with E-state index in [-0.39, 0.29) is 64.2 Å². The number of halogens is 2. The van der Waals surface area contributed by atoms with Gasteiger partial charge in [0.15, 0.2) is 18.4 Å². The molecule has 4 unspecified atom stereocenters. The lowest BCUT2D eigenvalue weighted by molar-refractivity contribution is 0.00538. The Kier molecular flexibility index (Phi) is 11.4. The first-order chi connectivity index (χ1) is 27.4. The Morgan fingerprint density at radius 1 is 1.03 bits per heavy atom. The number of hydrogen-bond acceptors (Lipinski definition) is 10. The summed E-state index contributed by atoms with van der Waals surface area (Å²) in [5.41, 5.74) is 3.88. The highest BCUT2D eigenvalue weighted by molar-refractivity contribution is 7.90. The largest absolute Gasteiger partial charge is 0.609 e. The molecule has 0 N–H and O–H groups in total. The normalized spacial score (nSPS) is 19.6. The van der Waals surface area contributed by atoms with E-state index in [1.165, 1.54) is 19.4 Å². The number of methoxy groups -OCH3 is 1. The zero-order valence-electron chi connectivity index (χ0n) is 35.2. The van der Waals surface area contributed by atoms with Crippen molar-refractivity contribution in [3.63, 3.8) is 0 Å². The summed E-state index contributed by atoms with van der Waals surface area (Å²) in [7, 11) is -0.842. The third-order valence-corrected chi connectivity index (χ3v) is 18.9. The molecule has 2 aromatic carbocycles. The van der Waals surface area contributed by atoms with Crippen molar-refractivity contribution in [3.8, 4) is 34.4 Å². The number of amides is 1. The van der Waals surface area contributed by atoms with Crippen LogP contribution in [0.1, 0.15) is 80.7 Å². The number of ether oxygens (including phenoxy) is 4. The molecule has 2 fully saturated rings. The molecule has 58 heavy (non-hydrogen) atoms. The van der Waals surface area contributed by atoms with Gasteiger partial charge in [-0.15, -0.1) is 5.54 Å². The van der Waals surface area contributed by atoms with Gasteiger partial charge in [0.05, 0.1) is 23.7 Å². The fraction of sp³-hybridized carbons (Fsp3) is 0.535. The van der Waals surface area contributed by atoms with Crippen LogP contribution in [0.4, 0.5) is 19.4 Å². The van der Waals surface area contributed by atoms with Crippen molar-refractivity contribution in [2.24, 2.45) is 0 Å². The molecule has 2 saturated heterocycles. The molecule has 0 aliphatic carbocycles. The number of piperazine rings is 1. The second kappa shape index (κ2) is 15.7. The van der Waals surface area contributed by atoms with Crippen LogP contribution in [-0.2, 0) is 20.6 Å². The highest BCUT2D eigenvalue weighted by Gasteiger charge is 2.52. The molecule has 4 atom stereocenters. The standard InChI is InChI=1S/C43H53F2N5O6SSi/c1-23(2)58(24(3)4,25(5)6)17-16-29-31(44)14-12-26-18-28(55-22-53-10)19-30(34(26)29)37-36(45)38-35-39(48-41(47-38)57(11)52)49-20-27-13-15-32(33(49)21-54-40(35)46-37)50(27)42(51)56-43(7,8)9/h12,14,18-19,23-25,27,32-33H,13,15,20-22H2,1-11H3. The van der Waals surface area contributed by atoms with Crippen molar-refractivity contribution >= 4 is 52.8 Å². The number of benzene rings is 2. The monoisotopic (exact) mass is 833 g/mol. The summed E-state index contributed by atoms with van der Waals surface area (Å²) in [6.07, 6.45) is 2.47. The van der Waals surface area contributed by atoms with Crippen LogP contribution in [-0.4, -0.2) is 95.6 Å². The molecule has 5 heterocycles. The van der Waals surface area contributed by atoms with Gasteiger partial charge in [-0.25, -0.2) is 18.6 Å². The van der Waals surface area contributed by atoms with E-state index >= 15 is 8.78 Å². The third-order valence-electron chi connectivity index (χ3n) is 11.9. The molecule has 3 aliphatic rings. The fourth-order valence-electron chi connectivity index (χ4n) is 9.51. The number of anilines is 1. The lowest BCUT2D eigenvalue weighted by Gasteiger charge is -2.46. The summed E-state index contributed by atoms with van der Waals surface area (Å²) >= 11 is -1.70. The molecule has 2 bridgehead atoms. The third kappa shape index (κ3) is 7.24. The number of fused-ring (bicyclic) bond motifs is 6. The highest BCUT2D eigenvalue weighted by atomic mass is 32.2. The van der Waals surface area contributed by atoms with Gasteiger partial charge in [0.25, 0.3) is 0 Å². The van der Waals surface area contributed by atoms with Crippen LogP contribution in [0.3, 0.4) is 0 Å². The summed E-state index contributed by atoms with van der Waals surface area (Å²) in [5.74, 6) is 2.68. The number of aromatic nitrogens is 3. The Bertz CT molecular complexity index is 2300. The Morgan fingerprint density at radius 3 is 2.38 bits per heavy atom. The summed E-state index contributed by atoms with van der Waals surface area (Å²) in [4.78, 5) is 31.5. The highest BCUT2D eigenvalue weighted by Crippen LogP contribution is 2.47. The van der Waals surface area contributed by atoms with Crippen molar-refractivity contribution in [3.05, 3.63) is 41.5 Å². The van der Waals surface area contributed by atoms with Crippen LogP contribution in [0.25, 0.3) is 32.9 Å². The van der Waals surface area contributed by atoms with E-state index in [1.54, 1.807) is 23.1 Å². The summed E-state index contributed by atoms with van der Waals surface area (Å²) in [6.45, 7) is 19.0.